The molecule has 0 unspecified atom stereocenters. The molecule has 5 nitrogen and oxygen atoms in total. The second kappa shape index (κ2) is 4.44. The number of aryl methyl sites for hydroxylation is 1. The number of aromatic amines is 1. The molecule has 0 saturated carbocycles. The van der Waals surface area contributed by atoms with Crippen LogP contribution in [0.1, 0.15) is 28.9 Å². The number of hydrogen-bond donors (Lipinski definition) is 2. The van der Waals surface area contributed by atoms with Gasteiger partial charge in [-0.3, -0.25) is 9.89 Å². The fraction of sp³-hybridized carbons (Fsp3) is 0.600. The molecule has 0 aliphatic carbocycles. The zero-order valence-electron chi connectivity index (χ0n) is 8.75. The smallest absolute Gasteiger partial charge is 0.269 e. The summed E-state index contributed by atoms with van der Waals surface area (Å²) in [6, 6.07) is 0.231. The topological polar surface area (TPSA) is 67.0 Å². The van der Waals surface area contributed by atoms with E-state index in [0.717, 1.165) is 31.6 Å². The van der Waals surface area contributed by atoms with Crippen LogP contribution in [0.3, 0.4) is 0 Å². The Bertz CT molecular complexity index is 342. The van der Waals surface area contributed by atoms with Gasteiger partial charge in [-0.1, -0.05) is 0 Å². The fourth-order valence-corrected chi connectivity index (χ4v) is 1.68. The first-order chi connectivity index (χ1) is 7.27. The number of hydrogen-bond acceptors (Lipinski definition) is 3. The first kappa shape index (κ1) is 10.2. The highest BCUT2D eigenvalue weighted by molar-refractivity contribution is 5.93. The summed E-state index contributed by atoms with van der Waals surface area (Å²) >= 11 is 0. The summed E-state index contributed by atoms with van der Waals surface area (Å²) in [6.07, 6.45) is 3.43. The highest BCUT2D eigenvalue weighted by Crippen LogP contribution is 2.08. The van der Waals surface area contributed by atoms with E-state index in [4.69, 9.17) is 4.74 Å². The molecular formula is C10H15N3O2. The van der Waals surface area contributed by atoms with E-state index in [1.165, 1.54) is 0 Å². The highest BCUT2D eigenvalue weighted by Gasteiger charge is 2.18. The van der Waals surface area contributed by atoms with Crippen molar-refractivity contribution in [3.05, 3.63) is 17.5 Å². The van der Waals surface area contributed by atoms with Crippen LogP contribution in [0.25, 0.3) is 0 Å². The summed E-state index contributed by atoms with van der Waals surface area (Å²) in [4.78, 5) is 11.8. The van der Waals surface area contributed by atoms with Crippen molar-refractivity contribution in [2.75, 3.05) is 13.2 Å². The van der Waals surface area contributed by atoms with Crippen LogP contribution in [0.15, 0.2) is 6.20 Å². The predicted octanol–water partition coefficient (Wildman–Crippen LogP) is 0.627. The maximum atomic E-state index is 11.8. The minimum absolute atomic E-state index is 0.0723. The first-order valence-corrected chi connectivity index (χ1v) is 5.16. The van der Waals surface area contributed by atoms with Crippen LogP contribution in [-0.2, 0) is 4.74 Å². The molecule has 1 aromatic heterocycles. The standard InChI is InChI=1S/C10H15N3O2/c1-7-6-11-13-9(7)10(14)12-8-2-4-15-5-3-8/h6,8H,2-5H2,1H3,(H,11,13)(H,12,14). The second-order valence-electron chi connectivity index (χ2n) is 3.79. The molecule has 0 atom stereocenters. The zero-order chi connectivity index (χ0) is 10.7. The molecule has 5 heteroatoms. The number of nitrogens with zero attached hydrogens (tertiary/aromatic N) is 1. The Morgan fingerprint density at radius 3 is 2.93 bits per heavy atom. The van der Waals surface area contributed by atoms with Gasteiger partial charge in [0.25, 0.3) is 5.91 Å². The van der Waals surface area contributed by atoms with Crippen LogP contribution in [0, 0.1) is 6.92 Å². The predicted molar refractivity (Wildman–Crippen MR) is 54.6 cm³/mol. The van der Waals surface area contributed by atoms with Crippen LogP contribution in [0.2, 0.25) is 0 Å². The van der Waals surface area contributed by atoms with E-state index in [0.29, 0.717) is 5.69 Å². The van der Waals surface area contributed by atoms with Crippen molar-refractivity contribution in [2.24, 2.45) is 0 Å². The van der Waals surface area contributed by atoms with Crippen LogP contribution < -0.4 is 5.32 Å². The maximum absolute atomic E-state index is 11.8. The average molecular weight is 209 g/mol. The summed E-state index contributed by atoms with van der Waals surface area (Å²) in [6.45, 7) is 3.32. The third-order valence-corrected chi connectivity index (χ3v) is 2.61. The van der Waals surface area contributed by atoms with Gasteiger partial charge in [0, 0.05) is 19.3 Å². The SMILES string of the molecule is Cc1cn[nH]c1C(=O)NC1CCOCC1. The molecule has 0 radical (unpaired) electrons. The molecule has 2 heterocycles. The lowest BCUT2D eigenvalue weighted by molar-refractivity contribution is 0.0694. The van der Waals surface area contributed by atoms with E-state index in [2.05, 4.69) is 15.5 Å². The number of ether oxygens (including phenoxy) is 1. The van der Waals surface area contributed by atoms with Gasteiger partial charge in [0.2, 0.25) is 0 Å². The van der Waals surface area contributed by atoms with Gasteiger partial charge in [0.05, 0.1) is 6.20 Å². The van der Waals surface area contributed by atoms with Gasteiger partial charge in [-0.05, 0) is 25.3 Å². The third kappa shape index (κ3) is 2.36. The van der Waals surface area contributed by atoms with Crippen LogP contribution >= 0.6 is 0 Å². The highest BCUT2D eigenvalue weighted by atomic mass is 16.5. The zero-order valence-corrected chi connectivity index (χ0v) is 8.75. The van der Waals surface area contributed by atoms with E-state index in [1.807, 2.05) is 6.92 Å². The van der Waals surface area contributed by atoms with E-state index >= 15 is 0 Å². The Hall–Kier alpha value is -1.36. The normalized spacial score (nSPS) is 17.7. The lowest BCUT2D eigenvalue weighted by Crippen LogP contribution is -2.39. The van der Waals surface area contributed by atoms with Crippen molar-refractivity contribution in [3.63, 3.8) is 0 Å². The molecule has 15 heavy (non-hydrogen) atoms. The Labute approximate surface area is 88.2 Å². The van der Waals surface area contributed by atoms with E-state index in [1.54, 1.807) is 6.20 Å². The Morgan fingerprint density at radius 1 is 1.60 bits per heavy atom. The molecule has 82 valence electrons. The van der Waals surface area contributed by atoms with Crippen molar-refractivity contribution in [2.45, 2.75) is 25.8 Å². The molecule has 2 N–H and O–H groups in total. The van der Waals surface area contributed by atoms with Gasteiger partial charge in [-0.25, -0.2) is 0 Å². The van der Waals surface area contributed by atoms with E-state index < -0.39 is 0 Å². The van der Waals surface area contributed by atoms with Crippen molar-refractivity contribution < 1.29 is 9.53 Å². The fourth-order valence-electron chi connectivity index (χ4n) is 1.68. The number of amides is 1. The first-order valence-electron chi connectivity index (χ1n) is 5.16. The Morgan fingerprint density at radius 2 is 2.33 bits per heavy atom. The molecule has 1 aromatic rings. The number of nitrogens with one attached hydrogen (secondary N) is 2. The largest absolute Gasteiger partial charge is 0.381 e. The molecule has 1 amide bonds. The molecule has 1 fully saturated rings. The molecule has 0 spiro atoms. The van der Waals surface area contributed by atoms with Gasteiger partial charge in [-0.2, -0.15) is 5.10 Å². The maximum Gasteiger partial charge on any atom is 0.269 e. The lowest BCUT2D eigenvalue weighted by atomic mass is 10.1. The second-order valence-corrected chi connectivity index (χ2v) is 3.79. The summed E-state index contributed by atoms with van der Waals surface area (Å²) in [5, 5.41) is 9.50. The van der Waals surface area contributed by atoms with Crippen molar-refractivity contribution in [3.8, 4) is 0 Å². The minimum Gasteiger partial charge on any atom is -0.381 e. The van der Waals surface area contributed by atoms with E-state index in [9.17, 15) is 4.79 Å². The minimum atomic E-state index is -0.0723. The molecule has 0 bridgehead atoms. The van der Waals surface area contributed by atoms with Gasteiger partial charge >= 0.3 is 0 Å². The van der Waals surface area contributed by atoms with Crippen LogP contribution in [-0.4, -0.2) is 35.4 Å². The molecule has 2 rings (SSSR count). The van der Waals surface area contributed by atoms with Gasteiger partial charge in [0.1, 0.15) is 5.69 Å². The Kier molecular flexibility index (Phi) is 3.01. The molecule has 1 aliphatic heterocycles. The number of H-pyrrole nitrogens is 1. The summed E-state index contributed by atoms with van der Waals surface area (Å²) in [5.41, 5.74) is 1.43. The van der Waals surface area contributed by atoms with Gasteiger partial charge in [-0.15, -0.1) is 0 Å². The lowest BCUT2D eigenvalue weighted by Gasteiger charge is -2.22. The summed E-state index contributed by atoms with van der Waals surface area (Å²) in [5.74, 6) is -0.0723. The quantitative estimate of drug-likeness (QED) is 0.750. The monoisotopic (exact) mass is 209 g/mol. The summed E-state index contributed by atoms with van der Waals surface area (Å²) < 4.78 is 5.22. The average Bonchev–Trinajstić information content (AvgIpc) is 2.66. The molecule has 1 aliphatic rings. The van der Waals surface area contributed by atoms with Gasteiger partial charge in [0.15, 0.2) is 0 Å². The Balaban J connectivity index is 1.94. The third-order valence-electron chi connectivity index (χ3n) is 2.61. The van der Waals surface area contributed by atoms with Crippen molar-refractivity contribution >= 4 is 5.91 Å². The number of rotatable bonds is 2. The number of carbonyl (C=O) groups is 1. The van der Waals surface area contributed by atoms with Crippen LogP contribution in [0.5, 0.6) is 0 Å². The number of aromatic nitrogens is 2. The molecular weight excluding hydrogens is 194 g/mol. The summed E-state index contributed by atoms with van der Waals surface area (Å²) in [7, 11) is 0. The van der Waals surface area contributed by atoms with E-state index in [-0.39, 0.29) is 11.9 Å². The van der Waals surface area contributed by atoms with Crippen molar-refractivity contribution in [1.29, 1.82) is 0 Å². The van der Waals surface area contributed by atoms with Crippen LogP contribution in [0.4, 0.5) is 0 Å². The molecule has 0 aromatic carbocycles. The number of carbonyl (C=O) groups excluding carboxylic acids is 1. The van der Waals surface area contributed by atoms with Crippen molar-refractivity contribution in [1.82, 2.24) is 15.5 Å². The molecule has 1 saturated heterocycles. The van der Waals surface area contributed by atoms with Gasteiger partial charge < -0.3 is 10.1 Å².